The maximum absolute atomic E-state index is 12.8. The van der Waals surface area contributed by atoms with Gasteiger partial charge in [0.05, 0.1) is 4.34 Å². The first-order valence-corrected chi connectivity index (χ1v) is 7.07. The lowest BCUT2D eigenvalue weighted by molar-refractivity contribution is 0.495. The van der Waals surface area contributed by atoms with E-state index in [0.717, 1.165) is 9.90 Å². The minimum atomic E-state index is -0.205. The second-order valence-electron chi connectivity index (χ2n) is 4.35. The van der Waals surface area contributed by atoms with E-state index in [0.29, 0.717) is 0 Å². The lowest BCUT2D eigenvalue weighted by atomic mass is 10.1. The van der Waals surface area contributed by atoms with Gasteiger partial charge in [0.2, 0.25) is 0 Å². The van der Waals surface area contributed by atoms with Crippen LogP contribution in [-0.2, 0) is 0 Å². The van der Waals surface area contributed by atoms with Gasteiger partial charge in [-0.1, -0.05) is 23.7 Å². The van der Waals surface area contributed by atoms with Gasteiger partial charge in [0.1, 0.15) is 5.82 Å². The monoisotopic (exact) mass is 283 g/mol. The van der Waals surface area contributed by atoms with Crippen molar-refractivity contribution in [2.24, 2.45) is 0 Å². The third kappa shape index (κ3) is 3.31. The van der Waals surface area contributed by atoms with Crippen molar-refractivity contribution in [3.05, 3.63) is 57.0 Å². The molecule has 0 radical (unpaired) electrons. The van der Waals surface area contributed by atoms with Crippen molar-refractivity contribution in [1.82, 2.24) is 5.32 Å². The largest absolute Gasteiger partial charge is 0.304 e. The number of halogens is 2. The predicted octanol–water partition coefficient (Wildman–Crippen LogP) is 4.95. The molecule has 0 bridgehead atoms. The number of benzene rings is 1. The topological polar surface area (TPSA) is 12.0 Å². The summed E-state index contributed by atoms with van der Waals surface area (Å²) in [6, 6.07) is 8.94. The summed E-state index contributed by atoms with van der Waals surface area (Å²) >= 11 is 7.46. The van der Waals surface area contributed by atoms with E-state index >= 15 is 0 Å². The van der Waals surface area contributed by atoms with Crippen molar-refractivity contribution >= 4 is 22.9 Å². The van der Waals surface area contributed by atoms with Crippen molar-refractivity contribution in [3.8, 4) is 0 Å². The fourth-order valence-corrected chi connectivity index (χ4v) is 2.85. The Morgan fingerprint density at radius 1 is 1.11 bits per heavy atom. The minimum absolute atomic E-state index is 0.166. The Balaban J connectivity index is 2.02. The van der Waals surface area contributed by atoms with Crippen LogP contribution in [-0.4, -0.2) is 0 Å². The molecule has 4 heteroatoms. The highest BCUT2D eigenvalue weighted by atomic mass is 35.5. The summed E-state index contributed by atoms with van der Waals surface area (Å²) < 4.78 is 13.6. The maximum Gasteiger partial charge on any atom is 0.123 e. The Kier molecular flexibility index (Phi) is 4.38. The molecule has 0 aliphatic carbocycles. The molecule has 1 nitrogen and oxygen atoms in total. The molecule has 0 fully saturated rings. The van der Waals surface area contributed by atoms with Gasteiger partial charge in [-0.15, -0.1) is 11.3 Å². The van der Waals surface area contributed by atoms with Crippen LogP contribution in [0.5, 0.6) is 0 Å². The molecule has 1 heterocycles. The molecule has 1 N–H and O–H groups in total. The number of thiophene rings is 1. The van der Waals surface area contributed by atoms with Crippen LogP contribution in [0.4, 0.5) is 4.39 Å². The fourth-order valence-electron chi connectivity index (χ4n) is 1.87. The first-order chi connectivity index (χ1) is 8.56. The molecule has 0 saturated heterocycles. The lowest BCUT2D eigenvalue weighted by Crippen LogP contribution is -2.22. The van der Waals surface area contributed by atoms with E-state index in [1.54, 1.807) is 12.1 Å². The first kappa shape index (κ1) is 13.5. The van der Waals surface area contributed by atoms with Crippen molar-refractivity contribution in [3.63, 3.8) is 0 Å². The number of nitrogens with one attached hydrogen (secondary N) is 1. The van der Waals surface area contributed by atoms with Crippen LogP contribution in [0.1, 0.15) is 37.1 Å². The molecule has 0 aliphatic rings. The second kappa shape index (κ2) is 5.83. The summed E-state index contributed by atoms with van der Waals surface area (Å²) in [6.07, 6.45) is 0. The van der Waals surface area contributed by atoms with Crippen molar-refractivity contribution in [2.45, 2.75) is 25.9 Å². The van der Waals surface area contributed by atoms with Crippen LogP contribution in [0.2, 0.25) is 4.34 Å². The number of hydrogen-bond acceptors (Lipinski definition) is 2. The Bertz CT molecular complexity index is 509. The normalized spacial score (nSPS) is 14.4. The highest BCUT2D eigenvalue weighted by Crippen LogP contribution is 2.26. The van der Waals surface area contributed by atoms with Gasteiger partial charge in [-0.3, -0.25) is 0 Å². The first-order valence-electron chi connectivity index (χ1n) is 5.81. The van der Waals surface area contributed by atoms with Gasteiger partial charge in [0.15, 0.2) is 0 Å². The van der Waals surface area contributed by atoms with E-state index < -0.39 is 0 Å². The van der Waals surface area contributed by atoms with Crippen LogP contribution in [0, 0.1) is 5.82 Å². The zero-order chi connectivity index (χ0) is 13.1. The summed E-state index contributed by atoms with van der Waals surface area (Å²) in [4.78, 5) is 0. The summed E-state index contributed by atoms with van der Waals surface area (Å²) in [5.41, 5.74) is 2.25. The Labute approximate surface area is 116 Å². The van der Waals surface area contributed by atoms with E-state index in [1.165, 1.54) is 29.0 Å². The molecule has 1 unspecified atom stereocenters. The maximum atomic E-state index is 12.8. The van der Waals surface area contributed by atoms with Gasteiger partial charge in [0.25, 0.3) is 0 Å². The van der Waals surface area contributed by atoms with Crippen LogP contribution < -0.4 is 5.32 Å². The number of hydrogen-bond donors (Lipinski definition) is 1. The van der Waals surface area contributed by atoms with Crippen LogP contribution >= 0.6 is 22.9 Å². The van der Waals surface area contributed by atoms with Gasteiger partial charge >= 0.3 is 0 Å². The highest BCUT2D eigenvalue weighted by Gasteiger charge is 2.12. The minimum Gasteiger partial charge on any atom is -0.304 e. The summed E-state index contributed by atoms with van der Waals surface area (Å²) in [6.45, 7) is 4.16. The predicted molar refractivity (Wildman–Crippen MR) is 75.7 cm³/mol. The highest BCUT2D eigenvalue weighted by molar-refractivity contribution is 7.14. The molecular formula is C14H15ClFNS. The summed E-state index contributed by atoms with van der Waals surface area (Å²) in [5, 5.41) is 5.52. The third-order valence-electron chi connectivity index (χ3n) is 2.96. The molecule has 2 rings (SSSR count). The molecule has 0 spiro atoms. The average Bonchev–Trinajstić information content (AvgIpc) is 2.76. The zero-order valence-electron chi connectivity index (χ0n) is 10.3. The molecule has 1 aromatic carbocycles. The molecular weight excluding hydrogens is 269 g/mol. The standard InChI is InChI=1S/C14H15ClFNS/c1-9(11-3-5-13(16)6-4-11)17-10(2)12-7-14(15)18-8-12/h3-10,17H,1-2H3/t9-,10?/m1/s1. The van der Waals surface area contributed by atoms with E-state index in [9.17, 15) is 4.39 Å². The van der Waals surface area contributed by atoms with E-state index in [1.807, 2.05) is 6.07 Å². The third-order valence-corrected chi connectivity index (χ3v) is 4.07. The second-order valence-corrected chi connectivity index (χ2v) is 5.89. The van der Waals surface area contributed by atoms with Gasteiger partial charge in [-0.05, 0) is 48.6 Å². The van der Waals surface area contributed by atoms with Gasteiger partial charge in [0, 0.05) is 12.1 Å². The Hall–Kier alpha value is -0.900. The van der Waals surface area contributed by atoms with Crippen molar-refractivity contribution in [2.75, 3.05) is 0 Å². The molecule has 2 atom stereocenters. The van der Waals surface area contributed by atoms with Gasteiger partial charge < -0.3 is 5.32 Å². The Morgan fingerprint density at radius 3 is 2.28 bits per heavy atom. The zero-order valence-corrected chi connectivity index (χ0v) is 11.9. The van der Waals surface area contributed by atoms with Crippen LogP contribution in [0.3, 0.4) is 0 Å². The fraction of sp³-hybridized carbons (Fsp3) is 0.286. The van der Waals surface area contributed by atoms with Crippen molar-refractivity contribution < 1.29 is 4.39 Å². The summed E-state index contributed by atoms with van der Waals surface area (Å²) in [7, 11) is 0. The van der Waals surface area contributed by atoms with Crippen LogP contribution in [0.25, 0.3) is 0 Å². The van der Waals surface area contributed by atoms with E-state index in [2.05, 4.69) is 24.5 Å². The molecule has 0 saturated carbocycles. The SMILES string of the molecule is CC(N[C@H](C)c1ccc(F)cc1)c1csc(Cl)c1. The smallest absolute Gasteiger partial charge is 0.123 e. The Morgan fingerprint density at radius 2 is 1.72 bits per heavy atom. The summed E-state index contributed by atoms with van der Waals surface area (Å²) in [5.74, 6) is -0.205. The van der Waals surface area contributed by atoms with Crippen molar-refractivity contribution in [1.29, 1.82) is 0 Å². The molecule has 18 heavy (non-hydrogen) atoms. The lowest BCUT2D eigenvalue weighted by Gasteiger charge is -2.19. The van der Waals surface area contributed by atoms with Gasteiger partial charge in [-0.25, -0.2) is 4.39 Å². The molecule has 0 aliphatic heterocycles. The van der Waals surface area contributed by atoms with E-state index in [4.69, 9.17) is 11.6 Å². The van der Waals surface area contributed by atoms with Crippen LogP contribution in [0.15, 0.2) is 35.7 Å². The molecule has 1 aromatic heterocycles. The van der Waals surface area contributed by atoms with Gasteiger partial charge in [-0.2, -0.15) is 0 Å². The quantitative estimate of drug-likeness (QED) is 0.837. The molecule has 96 valence electrons. The molecule has 0 amide bonds. The van der Waals surface area contributed by atoms with E-state index in [-0.39, 0.29) is 17.9 Å². The molecule has 2 aromatic rings. The average molecular weight is 284 g/mol. The number of rotatable bonds is 4.